The summed E-state index contributed by atoms with van der Waals surface area (Å²) in [7, 11) is 0. The minimum Gasteiger partial charge on any atom is -0.467 e. The summed E-state index contributed by atoms with van der Waals surface area (Å²) < 4.78 is 46.3. The summed E-state index contributed by atoms with van der Waals surface area (Å²) in [5.41, 5.74) is 0.818. The van der Waals surface area contributed by atoms with Crippen LogP contribution in [0.2, 0.25) is 0 Å². The number of aromatic nitrogens is 3. The smallest absolute Gasteiger partial charge is 0.416 e. The van der Waals surface area contributed by atoms with Gasteiger partial charge in [0.25, 0.3) is 0 Å². The van der Waals surface area contributed by atoms with Gasteiger partial charge in [0, 0.05) is 11.4 Å². The third-order valence-corrected chi connectivity index (χ3v) is 5.58. The molecule has 0 spiro atoms. The molecule has 1 N–H and O–H groups in total. The van der Waals surface area contributed by atoms with E-state index < -0.39 is 11.7 Å². The summed E-state index contributed by atoms with van der Waals surface area (Å²) >= 11 is 1.54. The molecule has 0 unspecified atom stereocenters. The quantitative estimate of drug-likeness (QED) is 0.346. The lowest BCUT2D eigenvalue weighted by Gasteiger charge is -2.12. The summed E-state index contributed by atoms with van der Waals surface area (Å²) in [6, 6.07) is 18.8. The van der Waals surface area contributed by atoms with Crippen LogP contribution in [0.1, 0.15) is 22.7 Å². The van der Waals surface area contributed by atoms with Gasteiger partial charge in [-0.25, -0.2) is 0 Å². The van der Waals surface area contributed by atoms with E-state index in [1.165, 1.54) is 6.07 Å². The van der Waals surface area contributed by atoms with E-state index in [-0.39, 0.29) is 6.54 Å². The predicted octanol–water partition coefficient (Wildman–Crippen LogP) is 5.84. The van der Waals surface area contributed by atoms with E-state index in [1.807, 2.05) is 41.0 Å². The highest BCUT2D eigenvalue weighted by Gasteiger charge is 2.30. The summed E-state index contributed by atoms with van der Waals surface area (Å²) in [4.78, 5) is 0. The van der Waals surface area contributed by atoms with Crippen LogP contribution in [0.4, 0.5) is 18.9 Å². The number of thioether (sulfide) groups is 1. The molecule has 31 heavy (non-hydrogen) atoms. The van der Waals surface area contributed by atoms with Crippen LogP contribution >= 0.6 is 11.8 Å². The lowest BCUT2D eigenvalue weighted by atomic mass is 10.2. The van der Waals surface area contributed by atoms with Gasteiger partial charge in [-0.3, -0.25) is 4.57 Å². The maximum atomic E-state index is 13.0. The Morgan fingerprint density at radius 1 is 0.968 bits per heavy atom. The molecule has 9 heteroatoms. The Balaban J connectivity index is 1.52. The number of hydrogen-bond donors (Lipinski definition) is 1. The van der Waals surface area contributed by atoms with Crippen molar-refractivity contribution >= 4 is 17.4 Å². The van der Waals surface area contributed by atoms with Gasteiger partial charge in [-0.2, -0.15) is 13.2 Å². The topological polar surface area (TPSA) is 55.9 Å². The van der Waals surface area contributed by atoms with Crippen molar-refractivity contribution < 1.29 is 17.6 Å². The van der Waals surface area contributed by atoms with E-state index in [4.69, 9.17) is 4.42 Å². The van der Waals surface area contributed by atoms with E-state index in [2.05, 4.69) is 15.5 Å². The van der Waals surface area contributed by atoms with E-state index in [9.17, 15) is 13.2 Å². The standard InChI is InChI=1S/C22H19F3N4OS/c23-22(24,25)17-8-4-9-18(12-17)26-13-20-27-28-21(29(20)14-19-10-5-11-30-19)31-15-16-6-2-1-3-7-16/h1-12,26H,13-15H2. The van der Waals surface area contributed by atoms with Gasteiger partial charge in [-0.05, 0) is 35.9 Å². The van der Waals surface area contributed by atoms with Crippen molar-refractivity contribution in [2.75, 3.05) is 5.32 Å². The van der Waals surface area contributed by atoms with Crippen LogP contribution in [-0.2, 0) is 25.0 Å². The molecular formula is C22H19F3N4OS. The molecule has 4 aromatic rings. The average Bonchev–Trinajstić information content (AvgIpc) is 3.42. The third kappa shape index (κ3) is 5.49. The molecule has 4 rings (SSSR count). The molecule has 2 aromatic heterocycles. The summed E-state index contributed by atoms with van der Waals surface area (Å²) in [5.74, 6) is 2.06. The zero-order valence-electron chi connectivity index (χ0n) is 16.3. The highest BCUT2D eigenvalue weighted by molar-refractivity contribution is 7.98. The first-order chi connectivity index (χ1) is 15.0. The Bertz CT molecular complexity index is 1110. The Morgan fingerprint density at radius 2 is 1.81 bits per heavy atom. The van der Waals surface area contributed by atoms with Crippen LogP contribution in [0.15, 0.2) is 82.6 Å². The van der Waals surface area contributed by atoms with Crippen molar-refractivity contribution in [3.8, 4) is 0 Å². The number of hydrogen-bond acceptors (Lipinski definition) is 5. The molecule has 0 saturated heterocycles. The van der Waals surface area contributed by atoms with Crippen LogP contribution in [0, 0.1) is 0 Å². The SMILES string of the molecule is FC(F)(F)c1cccc(NCc2nnc(SCc3ccccc3)n2Cc2ccco2)c1. The molecule has 2 aromatic carbocycles. The maximum Gasteiger partial charge on any atom is 0.416 e. The molecule has 0 radical (unpaired) electrons. The fourth-order valence-electron chi connectivity index (χ4n) is 2.98. The van der Waals surface area contributed by atoms with E-state index >= 15 is 0 Å². The van der Waals surface area contributed by atoms with Gasteiger partial charge >= 0.3 is 6.18 Å². The first-order valence-electron chi connectivity index (χ1n) is 9.51. The Labute approximate surface area is 181 Å². The van der Waals surface area contributed by atoms with Gasteiger partial charge in [0.1, 0.15) is 5.76 Å². The molecule has 0 aliphatic rings. The average molecular weight is 444 g/mol. The molecule has 0 atom stereocenters. The number of halogens is 3. The Hall–Kier alpha value is -3.20. The third-order valence-electron chi connectivity index (χ3n) is 4.54. The lowest BCUT2D eigenvalue weighted by Crippen LogP contribution is -2.11. The summed E-state index contributed by atoms with van der Waals surface area (Å²) in [6.45, 7) is 0.650. The van der Waals surface area contributed by atoms with Gasteiger partial charge in [0.2, 0.25) is 0 Å². The fourth-order valence-corrected chi connectivity index (χ4v) is 3.89. The largest absolute Gasteiger partial charge is 0.467 e. The van der Waals surface area contributed by atoms with Crippen molar-refractivity contribution in [1.29, 1.82) is 0 Å². The van der Waals surface area contributed by atoms with Crippen LogP contribution < -0.4 is 5.32 Å². The first-order valence-corrected chi connectivity index (χ1v) is 10.5. The molecule has 0 aliphatic carbocycles. The van der Waals surface area contributed by atoms with Gasteiger partial charge in [0.05, 0.1) is 24.9 Å². The number of benzene rings is 2. The van der Waals surface area contributed by atoms with Crippen LogP contribution in [0.25, 0.3) is 0 Å². The summed E-state index contributed by atoms with van der Waals surface area (Å²) in [6.07, 6.45) is -2.80. The van der Waals surface area contributed by atoms with Crippen LogP contribution in [0.5, 0.6) is 0 Å². The number of anilines is 1. The second-order valence-electron chi connectivity index (χ2n) is 6.77. The van der Waals surface area contributed by atoms with Crippen molar-refractivity contribution in [3.05, 3.63) is 95.7 Å². The molecular weight excluding hydrogens is 425 g/mol. The van der Waals surface area contributed by atoms with Crippen LogP contribution in [0.3, 0.4) is 0 Å². The maximum absolute atomic E-state index is 13.0. The second kappa shape index (κ2) is 9.30. The highest BCUT2D eigenvalue weighted by atomic mass is 32.2. The van der Waals surface area contributed by atoms with Crippen molar-refractivity contribution in [2.45, 2.75) is 30.2 Å². The van der Waals surface area contributed by atoms with Crippen molar-refractivity contribution in [3.63, 3.8) is 0 Å². The molecule has 0 fully saturated rings. The van der Waals surface area contributed by atoms with Crippen molar-refractivity contribution in [1.82, 2.24) is 14.8 Å². The first kappa shape index (κ1) is 21.0. The monoisotopic (exact) mass is 444 g/mol. The van der Waals surface area contributed by atoms with E-state index in [1.54, 1.807) is 30.2 Å². The molecule has 0 amide bonds. The zero-order chi connectivity index (χ0) is 21.7. The molecule has 5 nitrogen and oxygen atoms in total. The molecule has 0 saturated carbocycles. The van der Waals surface area contributed by atoms with Crippen molar-refractivity contribution in [2.24, 2.45) is 0 Å². The van der Waals surface area contributed by atoms with Gasteiger partial charge < -0.3 is 9.73 Å². The van der Waals surface area contributed by atoms with Gasteiger partial charge in [-0.1, -0.05) is 48.2 Å². The minimum absolute atomic E-state index is 0.223. The van der Waals surface area contributed by atoms with Gasteiger partial charge in [0.15, 0.2) is 11.0 Å². The minimum atomic E-state index is -4.39. The number of rotatable bonds is 8. The summed E-state index contributed by atoms with van der Waals surface area (Å²) in [5, 5.41) is 12.3. The van der Waals surface area contributed by atoms with Crippen LogP contribution in [-0.4, -0.2) is 14.8 Å². The molecule has 160 valence electrons. The Morgan fingerprint density at radius 3 is 2.55 bits per heavy atom. The fraction of sp³-hybridized carbons (Fsp3) is 0.182. The molecule has 2 heterocycles. The predicted molar refractivity (Wildman–Crippen MR) is 113 cm³/mol. The molecule has 0 bridgehead atoms. The normalized spacial score (nSPS) is 11.6. The highest BCUT2D eigenvalue weighted by Crippen LogP contribution is 2.31. The van der Waals surface area contributed by atoms with Gasteiger partial charge in [-0.15, -0.1) is 10.2 Å². The second-order valence-corrected chi connectivity index (χ2v) is 7.71. The zero-order valence-corrected chi connectivity index (χ0v) is 17.2. The number of nitrogens with zero attached hydrogens (tertiary/aromatic N) is 3. The van der Waals surface area contributed by atoms with E-state index in [0.717, 1.165) is 29.2 Å². The van der Waals surface area contributed by atoms with E-state index in [0.29, 0.717) is 23.2 Å². The number of nitrogens with one attached hydrogen (secondary N) is 1. The lowest BCUT2D eigenvalue weighted by molar-refractivity contribution is -0.137. The number of furan rings is 1. The molecule has 0 aliphatic heterocycles. The number of alkyl halides is 3. The Kier molecular flexibility index (Phi) is 6.31.